The molecule has 0 atom stereocenters. The summed E-state index contributed by atoms with van der Waals surface area (Å²) < 4.78 is 1.46. The van der Waals surface area contributed by atoms with Crippen LogP contribution in [0, 0.1) is 6.92 Å². The minimum Gasteiger partial charge on any atom is -0.373 e. The molecule has 96 valence electrons. The van der Waals surface area contributed by atoms with Gasteiger partial charge in [0.1, 0.15) is 11.6 Å². The lowest BCUT2D eigenvalue weighted by Crippen LogP contribution is -2.13. The Hall–Kier alpha value is -1.83. The zero-order valence-electron chi connectivity index (χ0n) is 10.4. The number of H-pyrrole nitrogens is 1. The molecule has 0 fully saturated rings. The van der Waals surface area contributed by atoms with Gasteiger partial charge < -0.3 is 5.32 Å². The van der Waals surface area contributed by atoms with Gasteiger partial charge in [-0.15, -0.1) is 5.10 Å². The fraction of sp³-hybridized carbons (Fsp3) is 0.400. The molecule has 0 unspecified atom stereocenters. The molecule has 0 amide bonds. The van der Waals surface area contributed by atoms with Crippen LogP contribution in [0.4, 0.5) is 5.82 Å². The van der Waals surface area contributed by atoms with Crippen molar-refractivity contribution in [2.45, 2.75) is 17.8 Å². The van der Waals surface area contributed by atoms with Crippen LogP contribution in [0.3, 0.4) is 0 Å². The van der Waals surface area contributed by atoms with Crippen LogP contribution in [0.1, 0.15) is 11.5 Å². The Morgan fingerprint density at radius 1 is 1.50 bits per heavy atom. The second kappa shape index (κ2) is 5.21. The molecular formula is C10H14N6OS. The second-order valence-corrected chi connectivity index (χ2v) is 4.66. The summed E-state index contributed by atoms with van der Waals surface area (Å²) in [6.45, 7) is 1.92. The first-order valence-corrected chi connectivity index (χ1v) is 6.35. The summed E-state index contributed by atoms with van der Waals surface area (Å²) in [5.74, 6) is 2.06. The van der Waals surface area contributed by atoms with E-state index in [1.165, 1.54) is 16.3 Å². The summed E-state index contributed by atoms with van der Waals surface area (Å²) >= 11 is 1.42. The van der Waals surface area contributed by atoms with Crippen molar-refractivity contribution in [3.8, 4) is 0 Å². The summed E-state index contributed by atoms with van der Waals surface area (Å²) in [5, 5.41) is 9.91. The number of aromatic amines is 1. The van der Waals surface area contributed by atoms with Gasteiger partial charge in [-0.1, -0.05) is 11.8 Å². The number of hydrogen-bond donors (Lipinski definition) is 2. The van der Waals surface area contributed by atoms with E-state index < -0.39 is 0 Å². The van der Waals surface area contributed by atoms with E-state index in [4.69, 9.17) is 0 Å². The van der Waals surface area contributed by atoms with E-state index in [-0.39, 0.29) is 5.69 Å². The molecular weight excluding hydrogens is 252 g/mol. The quantitative estimate of drug-likeness (QED) is 0.785. The van der Waals surface area contributed by atoms with Gasteiger partial charge in [-0.3, -0.25) is 4.57 Å². The molecule has 0 radical (unpaired) electrons. The molecule has 2 heterocycles. The van der Waals surface area contributed by atoms with Gasteiger partial charge in [-0.25, -0.2) is 19.9 Å². The van der Waals surface area contributed by atoms with E-state index in [2.05, 4.69) is 25.5 Å². The normalized spacial score (nSPS) is 10.6. The number of anilines is 1. The first-order valence-electron chi connectivity index (χ1n) is 5.36. The van der Waals surface area contributed by atoms with Gasteiger partial charge in [-0.05, 0) is 6.92 Å². The topological polar surface area (TPSA) is 88.5 Å². The highest BCUT2D eigenvalue weighted by Crippen LogP contribution is 2.18. The molecule has 2 aromatic rings. The molecule has 0 aliphatic rings. The molecule has 0 aliphatic carbocycles. The minimum absolute atomic E-state index is 0.224. The molecule has 2 aromatic heterocycles. The third-order valence-electron chi connectivity index (χ3n) is 2.33. The van der Waals surface area contributed by atoms with E-state index in [1.54, 1.807) is 7.05 Å². The number of nitrogens with one attached hydrogen (secondary N) is 2. The van der Waals surface area contributed by atoms with E-state index in [1.807, 2.05) is 20.0 Å². The fourth-order valence-corrected chi connectivity index (χ4v) is 2.19. The van der Waals surface area contributed by atoms with Crippen LogP contribution in [0.2, 0.25) is 0 Å². The largest absolute Gasteiger partial charge is 0.373 e. The monoisotopic (exact) mass is 266 g/mol. The Labute approximate surface area is 108 Å². The van der Waals surface area contributed by atoms with E-state index >= 15 is 0 Å². The summed E-state index contributed by atoms with van der Waals surface area (Å²) in [4.78, 5) is 19.9. The highest BCUT2D eigenvalue weighted by Gasteiger charge is 2.07. The molecule has 0 saturated heterocycles. The van der Waals surface area contributed by atoms with E-state index in [9.17, 15) is 4.79 Å². The maximum absolute atomic E-state index is 11.2. The third kappa shape index (κ3) is 2.70. The highest BCUT2D eigenvalue weighted by molar-refractivity contribution is 7.98. The number of aryl methyl sites for hydroxylation is 1. The average Bonchev–Trinajstić information content (AvgIpc) is 2.67. The summed E-state index contributed by atoms with van der Waals surface area (Å²) in [6, 6.07) is 1.87. The van der Waals surface area contributed by atoms with Crippen LogP contribution in [-0.4, -0.2) is 31.8 Å². The summed E-state index contributed by atoms with van der Waals surface area (Å²) in [6.07, 6.45) is 0. The van der Waals surface area contributed by atoms with Gasteiger partial charge in [0.15, 0.2) is 5.16 Å². The van der Waals surface area contributed by atoms with Crippen molar-refractivity contribution in [2.24, 2.45) is 7.05 Å². The fourth-order valence-electron chi connectivity index (χ4n) is 1.41. The SMILES string of the molecule is CNc1cc(C)nc(CSc2n[nH]c(=O)n2C)n1. The molecule has 18 heavy (non-hydrogen) atoms. The van der Waals surface area contributed by atoms with Crippen LogP contribution in [0.25, 0.3) is 0 Å². The molecule has 2 rings (SSSR count). The first kappa shape index (κ1) is 12.6. The van der Waals surface area contributed by atoms with Crippen molar-refractivity contribution in [1.82, 2.24) is 24.7 Å². The van der Waals surface area contributed by atoms with Crippen molar-refractivity contribution >= 4 is 17.6 Å². The Morgan fingerprint density at radius 2 is 2.28 bits per heavy atom. The number of thioether (sulfide) groups is 1. The lowest BCUT2D eigenvalue weighted by molar-refractivity contribution is 0.765. The lowest BCUT2D eigenvalue weighted by Gasteiger charge is -2.04. The van der Waals surface area contributed by atoms with E-state index in [0.717, 1.165) is 11.5 Å². The van der Waals surface area contributed by atoms with Gasteiger partial charge >= 0.3 is 5.69 Å². The third-order valence-corrected chi connectivity index (χ3v) is 3.35. The summed E-state index contributed by atoms with van der Waals surface area (Å²) in [7, 11) is 3.49. The molecule has 0 saturated carbocycles. The number of hydrogen-bond acceptors (Lipinski definition) is 6. The van der Waals surface area contributed by atoms with Crippen molar-refractivity contribution in [3.05, 3.63) is 28.1 Å². The minimum atomic E-state index is -0.224. The second-order valence-electron chi connectivity index (χ2n) is 3.72. The zero-order chi connectivity index (χ0) is 13.1. The molecule has 0 spiro atoms. The van der Waals surface area contributed by atoms with Crippen molar-refractivity contribution in [2.75, 3.05) is 12.4 Å². The number of aromatic nitrogens is 5. The standard InChI is InChI=1S/C10H14N6OS/c1-6-4-7(11-2)13-8(12-6)5-18-10-15-14-9(17)16(10)3/h4H,5H2,1-3H3,(H,14,17)(H,11,12,13). The maximum atomic E-state index is 11.2. The number of nitrogens with zero attached hydrogens (tertiary/aromatic N) is 4. The van der Waals surface area contributed by atoms with Crippen LogP contribution >= 0.6 is 11.8 Å². The Morgan fingerprint density at radius 3 is 2.89 bits per heavy atom. The smallest absolute Gasteiger partial charge is 0.343 e. The van der Waals surface area contributed by atoms with Gasteiger partial charge in [0.25, 0.3) is 0 Å². The van der Waals surface area contributed by atoms with Crippen molar-refractivity contribution in [3.63, 3.8) is 0 Å². The van der Waals surface area contributed by atoms with Gasteiger partial charge in [0.05, 0.1) is 5.75 Å². The zero-order valence-corrected chi connectivity index (χ0v) is 11.2. The highest BCUT2D eigenvalue weighted by atomic mass is 32.2. The van der Waals surface area contributed by atoms with Crippen molar-refractivity contribution in [1.29, 1.82) is 0 Å². The predicted octanol–water partition coefficient (Wildman–Crippen LogP) is 0.541. The van der Waals surface area contributed by atoms with Crippen LogP contribution in [0.5, 0.6) is 0 Å². The van der Waals surface area contributed by atoms with Crippen molar-refractivity contribution < 1.29 is 0 Å². The molecule has 0 aromatic carbocycles. The molecule has 8 heteroatoms. The van der Waals surface area contributed by atoms with Crippen LogP contribution in [-0.2, 0) is 12.8 Å². The summed E-state index contributed by atoms with van der Waals surface area (Å²) in [5.41, 5.74) is 0.680. The molecule has 0 bridgehead atoms. The Bertz CT molecular complexity index is 605. The predicted molar refractivity (Wildman–Crippen MR) is 69.7 cm³/mol. The molecule has 0 aliphatic heterocycles. The Kier molecular flexibility index (Phi) is 3.66. The van der Waals surface area contributed by atoms with Gasteiger partial charge in [0, 0.05) is 25.9 Å². The Balaban J connectivity index is 2.13. The van der Waals surface area contributed by atoms with E-state index in [0.29, 0.717) is 16.7 Å². The van der Waals surface area contributed by atoms with Crippen LogP contribution < -0.4 is 11.0 Å². The average molecular weight is 266 g/mol. The van der Waals surface area contributed by atoms with Crippen LogP contribution in [0.15, 0.2) is 16.0 Å². The number of rotatable bonds is 4. The first-order chi connectivity index (χ1) is 8.60. The van der Waals surface area contributed by atoms with Gasteiger partial charge in [-0.2, -0.15) is 0 Å². The lowest BCUT2D eigenvalue weighted by atomic mass is 10.4. The van der Waals surface area contributed by atoms with Gasteiger partial charge in [0.2, 0.25) is 0 Å². The maximum Gasteiger partial charge on any atom is 0.343 e. The molecule has 7 nitrogen and oxygen atoms in total. The molecule has 2 N–H and O–H groups in total.